The Morgan fingerprint density at radius 1 is 1.32 bits per heavy atom. The molecular formula is C17H21ClO4. The zero-order chi connectivity index (χ0) is 15.8. The van der Waals surface area contributed by atoms with E-state index >= 15 is 0 Å². The van der Waals surface area contributed by atoms with Crippen molar-refractivity contribution in [3.05, 3.63) is 34.9 Å². The molecule has 2 fully saturated rings. The lowest BCUT2D eigenvalue weighted by molar-refractivity contribution is -0.211. The average molecular weight is 325 g/mol. The summed E-state index contributed by atoms with van der Waals surface area (Å²) < 4.78 is 12.2. The highest BCUT2D eigenvalue weighted by Gasteiger charge is 2.58. The molecule has 1 aliphatic heterocycles. The number of carbonyl (C=O) groups is 1. The summed E-state index contributed by atoms with van der Waals surface area (Å²) in [6, 6.07) is 7.46. The van der Waals surface area contributed by atoms with Gasteiger partial charge in [-0.15, -0.1) is 0 Å². The molecule has 1 N–H and O–H groups in total. The molecule has 1 heterocycles. The second kappa shape index (κ2) is 5.84. The second-order valence-electron chi connectivity index (χ2n) is 6.39. The lowest BCUT2D eigenvalue weighted by Gasteiger charge is -2.32. The Balaban J connectivity index is 1.87. The van der Waals surface area contributed by atoms with Crippen molar-refractivity contribution in [2.24, 2.45) is 0 Å². The van der Waals surface area contributed by atoms with Crippen LogP contribution in [0.3, 0.4) is 0 Å². The van der Waals surface area contributed by atoms with Crippen LogP contribution in [0, 0.1) is 0 Å². The van der Waals surface area contributed by atoms with Gasteiger partial charge in [0.2, 0.25) is 0 Å². The van der Waals surface area contributed by atoms with Crippen LogP contribution in [0.4, 0.5) is 0 Å². The number of aliphatic carboxylic acids is 1. The van der Waals surface area contributed by atoms with Crippen LogP contribution in [0.5, 0.6) is 0 Å². The summed E-state index contributed by atoms with van der Waals surface area (Å²) in [5.74, 6) is -1.72. The molecule has 120 valence electrons. The minimum absolute atomic E-state index is 0.435. The number of benzene rings is 1. The molecule has 1 saturated carbocycles. The number of carboxylic acid groups (broad SMARTS) is 1. The van der Waals surface area contributed by atoms with Crippen LogP contribution < -0.4 is 0 Å². The summed E-state index contributed by atoms with van der Waals surface area (Å²) in [6.45, 7) is 1.61. The predicted octanol–water partition coefficient (Wildman–Crippen LogP) is 3.80. The van der Waals surface area contributed by atoms with E-state index in [1.807, 2.05) is 18.2 Å². The molecule has 22 heavy (non-hydrogen) atoms. The highest BCUT2D eigenvalue weighted by atomic mass is 35.5. The number of halogens is 1. The highest BCUT2D eigenvalue weighted by molar-refractivity contribution is 6.31. The van der Waals surface area contributed by atoms with Crippen LogP contribution in [0.25, 0.3) is 0 Å². The summed E-state index contributed by atoms with van der Waals surface area (Å²) >= 11 is 6.21. The molecule has 1 aliphatic carbocycles. The topological polar surface area (TPSA) is 55.8 Å². The summed E-state index contributed by atoms with van der Waals surface area (Å²) in [4.78, 5) is 11.8. The Bertz CT molecular complexity index is 568. The van der Waals surface area contributed by atoms with Gasteiger partial charge in [0.1, 0.15) is 6.10 Å². The van der Waals surface area contributed by atoms with E-state index in [9.17, 15) is 9.90 Å². The molecule has 1 aromatic carbocycles. The van der Waals surface area contributed by atoms with E-state index in [-0.39, 0.29) is 0 Å². The van der Waals surface area contributed by atoms with Crippen molar-refractivity contribution in [1.82, 2.24) is 0 Å². The highest BCUT2D eigenvalue weighted by Crippen LogP contribution is 2.46. The van der Waals surface area contributed by atoms with E-state index in [0.717, 1.165) is 37.7 Å². The Kier molecular flexibility index (Phi) is 4.19. The van der Waals surface area contributed by atoms with E-state index in [1.165, 1.54) is 0 Å². The first-order valence-corrected chi connectivity index (χ1v) is 8.18. The van der Waals surface area contributed by atoms with Crippen LogP contribution in [-0.2, 0) is 20.7 Å². The van der Waals surface area contributed by atoms with Crippen LogP contribution >= 0.6 is 11.6 Å². The van der Waals surface area contributed by atoms with Gasteiger partial charge in [0.15, 0.2) is 11.4 Å². The molecule has 5 heteroatoms. The molecule has 0 bridgehead atoms. The van der Waals surface area contributed by atoms with Crippen molar-refractivity contribution < 1.29 is 19.4 Å². The summed E-state index contributed by atoms with van der Waals surface area (Å²) in [6.07, 6.45) is 4.58. The van der Waals surface area contributed by atoms with Gasteiger partial charge in [0.05, 0.1) is 0 Å². The molecular weight excluding hydrogens is 304 g/mol. The fraction of sp³-hybridized carbons (Fsp3) is 0.588. The van der Waals surface area contributed by atoms with Crippen LogP contribution in [-0.4, -0.2) is 28.6 Å². The zero-order valence-electron chi connectivity index (χ0n) is 12.7. The molecule has 4 nitrogen and oxygen atoms in total. The molecule has 1 aromatic rings. The number of ether oxygens (including phenoxy) is 2. The fourth-order valence-electron chi connectivity index (χ4n) is 3.44. The third kappa shape index (κ3) is 2.75. The second-order valence-corrected chi connectivity index (χ2v) is 6.79. The number of hydrogen-bond acceptors (Lipinski definition) is 3. The number of carboxylic acids is 1. The van der Waals surface area contributed by atoms with Gasteiger partial charge >= 0.3 is 5.97 Å². The Morgan fingerprint density at radius 2 is 2.00 bits per heavy atom. The monoisotopic (exact) mass is 324 g/mol. The van der Waals surface area contributed by atoms with Gasteiger partial charge < -0.3 is 14.6 Å². The molecule has 2 aliphatic rings. The summed E-state index contributed by atoms with van der Waals surface area (Å²) in [5.41, 5.74) is -0.450. The standard InChI is InChI=1S/C17H21ClO4/c1-16(15(19)20)14(11-12-7-3-4-8-13(12)18)21-17(22-16)9-5-2-6-10-17/h3-4,7-8,14H,2,5-6,9-11H2,1H3,(H,19,20)/t14-,16+/m0/s1. The van der Waals surface area contributed by atoms with Crippen LogP contribution in [0.15, 0.2) is 24.3 Å². The molecule has 0 aromatic heterocycles. The van der Waals surface area contributed by atoms with Gasteiger partial charge in [-0.05, 0) is 31.4 Å². The van der Waals surface area contributed by atoms with Gasteiger partial charge in [0, 0.05) is 24.3 Å². The number of rotatable bonds is 3. The smallest absolute Gasteiger partial charge is 0.338 e. The molecule has 1 saturated heterocycles. The van der Waals surface area contributed by atoms with E-state index in [1.54, 1.807) is 13.0 Å². The Hall–Kier alpha value is -1.10. The SMILES string of the molecule is C[C@@]1(C(=O)O)OC2(CCCCC2)O[C@H]1Cc1ccccc1Cl. The van der Waals surface area contributed by atoms with Crippen molar-refractivity contribution in [3.63, 3.8) is 0 Å². The molecule has 1 spiro atoms. The molecule has 0 radical (unpaired) electrons. The van der Waals surface area contributed by atoms with E-state index < -0.39 is 23.5 Å². The minimum Gasteiger partial charge on any atom is -0.479 e. The van der Waals surface area contributed by atoms with Gasteiger partial charge in [0.25, 0.3) is 0 Å². The maximum Gasteiger partial charge on any atom is 0.338 e. The Morgan fingerprint density at radius 3 is 2.64 bits per heavy atom. The molecule has 0 unspecified atom stereocenters. The first-order valence-electron chi connectivity index (χ1n) is 7.80. The molecule has 0 amide bonds. The van der Waals surface area contributed by atoms with Crippen LogP contribution in [0.1, 0.15) is 44.6 Å². The lowest BCUT2D eigenvalue weighted by Crippen LogP contribution is -2.46. The maximum atomic E-state index is 11.8. The van der Waals surface area contributed by atoms with Crippen molar-refractivity contribution in [2.75, 3.05) is 0 Å². The van der Waals surface area contributed by atoms with Crippen molar-refractivity contribution in [3.8, 4) is 0 Å². The van der Waals surface area contributed by atoms with Gasteiger partial charge in [-0.25, -0.2) is 4.79 Å². The first kappa shape index (κ1) is 15.8. The van der Waals surface area contributed by atoms with Crippen LogP contribution in [0.2, 0.25) is 5.02 Å². The minimum atomic E-state index is -1.34. The summed E-state index contributed by atoms with van der Waals surface area (Å²) in [7, 11) is 0. The first-order chi connectivity index (χ1) is 10.5. The van der Waals surface area contributed by atoms with Crippen molar-refractivity contribution >= 4 is 17.6 Å². The van der Waals surface area contributed by atoms with E-state index in [0.29, 0.717) is 11.4 Å². The van der Waals surface area contributed by atoms with E-state index in [2.05, 4.69) is 0 Å². The largest absolute Gasteiger partial charge is 0.479 e. The van der Waals surface area contributed by atoms with Gasteiger partial charge in [-0.2, -0.15) is 0 Å². The maximum absolute atomic E-state index is 11.8. The zero-order valence-corrected chi connectivity index (χ0v) is 13.4. The van der Waals surface area contributed by atoms with Crippen molar-refractivity contribution in [2.45, 2.75) is 62.9 Å². The summed E-state index contributed by atoms with van der Waals surface area (Å²) in [5, 5.41) is 10.3. The normalized spacial score (nSPS) is 30.5. The predicted molar refractivity (Wildman–Crippen MR) is 83.0 cm³/mol. The molecule has 2 atom stereocenters. The van der Waals surface area contributed by atoms with Crippen molar-refractivity contribution in [1.29, 1.82) is 0 Å². The molecule has 3 rings (SSSR count). The third-order valence-corrected chi connectivity index (χ3v) is 5.14. The quantitative estimate of drug-likeness (QED) is 0.918. The van der Waals surface area contributed by atoms with Gasteiger partial charge in [-0.1, -0.05) is 36.2 Å². The Labute approximate surface area is 135 Å². The third-order valence-electron chi connectivity index (χ3n) is 4.77. The number of hydrogen-bond donors (Lipinski definition) is 1. The van der Waals surface area contributed by atoms with E-state index in [4.69, 9.17) is 21.1 Å². The lowest BCUT2D eigenvalue weighted by atomic mass is 9.93. The van der Waals surface area contributed by atoms with Gasteiger partial charge in [-0.3, -0.25) is 0 Å². The fourth-order valence-corrected chi connectivity index (χ4v) is 3.65. The average Bonchev–Trinajstić information content (AvgIpc) is 2.75.